The molecular weight excluding hydrogens is 606 g/mol. The summed E-state index contributed by atoms with van der Waals surface area (Å²) in [6.07, 6.45) is -2.46. The lowest BCUT2D eigenvalue weighted by atomic mass is 10.1. The van der Waals surface area contributed by atoms with Gasteiger partial charge in [-0.1, -0.05) is 0 Å². The van der Waals surface area contributed by atoms with Crippen LogP contribution in [0.1, 0.15) is 64.7 Å². The van der Waals surface area contributed by atoms with Crippen LogP contribution < -0.4 is 31.7 Å². The zero-order chi connectivity index (χ0) is 34.6. The molecule has 0 bridgehead atoms. The van der Waals surface area contributed by atoms with Crippen molar-refractivity contribution in [2.45, 2.75) is 77.7 Å². The van der Waals surface area contributed by atoms with Crippen LogP contribution in [0.25, 0.3) is 0 Å². The quantitative estimate of drug-likeness (QED) is 0.230. The minimum Gasteiger partial charge on any atom is -0.481 e. The first kappa shape index (κ1) is 35.1. The smallest absolute Gasteiger partial charge is 0.415 e. The number of rotatable bonds is 9. The van der Waals surface area contributed by atoms with Gasteiger partial charge in [0.2, 0.25) is 5.95 Å². The van der Waals surface area contributed by atoms with Gasteiger partial charge in [-0.05, 0) is 72.2 Å². The Kier molecular flexibility index (Phi) is 10.5. The summed E-state index contributed by atoms with van der Waals surface area (Å²) in [4.78, 5) is 84.0. The van der Waals surface area contributed by atoms with Gasteiger partial charge >= 0.3 is 24.1 Å². The molecule has 1 aliphatic heterocycles. The molecule has 17 heteroatoms. The van der Waals surface area contributed by atoms with E-state index in [1.165, 1.54) is 29.2 Å². The largest absolute Gasteiger partial charge is 0.481 e. The third kappa shape index (κ3) is 9.33. The number of anilines is 4. The molecule has 0 aliphatic carbocycles. The van der Waals surface area contributed by atoms with Crippen LogP contribution in [-0.2, 0) is 19.1 Å². The van der Waals surface area contributed by atoms with Gasteiger partial charge in [0.25, 0.3) is 11.5 Å². The molecule has 0 fully saturated rings. The van der Waals surface area contributed by atoms with Crippen molar-refractivity contribution >= 4 is 53.2 Å². The number of benzene rings is 1. The highest BCUT2D eigenvalue weighted by atomic mass is 16.6. The number of nitrogens with one attached hydrogen (secondary N) is 3. The van der Waals surface area contributed by atoms with Gasteiger partial charge < -0.3 is 36.1 Å². The van der Waals surface area contributed by atoms with Crippen molar-refractivity contribution in [2.75, 3.05) is 33.9 Å². The Hall–Kier alpha value is -5.35. The van der Waals surface area contributed by atoms with E-state index in [-0.39, 0.29) is 48.2 Å². The number of carboxylic acid groups (broad SMARTS) is 2. The number of amides is 3. The van der Waals surface area contributed by atoms with Gasteiger partial charge in [0.05, 0.1) is 12.6 Å². The molecule has 1 aromatic carbocycles. The highest BCUT2D eigenvalue weighted by Gasteiger charge is 2.39. The number of aromatic nitrogens is 2. The number of aromatic amines is 1. The Morgan fingerprint density at radius 3 is 2.22 bits per heavy atom. The minimum atomic E-state index is -1.44. The zero-order valence-electron chi connectivity index (χ0n) is 26.4. The van der Waals surface area contributed by atoms with Gasteiger partial charge in [-0.3, -0.25) is 29.2 Å². The summed E-state index contributed by atoms with van der Waals surface area (Å²) < 4.78 is 11.2. The molecule has 2 aromatic rings. The molecule has 250 valence electrons. The lowest BCUT2D eigenvalue weighted by molar-refractivity contribution is -0.140. The summed E-state index contributed by atoms with van der Waals surface area (Å²) in [5, 5.41) is 23.5. The summed E-state index contributed by atoms with van der Waals surface area (Å²) in [6.45, 7) is 9.78. The van der Waals surface area contributed by atoms with Crippen LogP contribution in [0.3, 0.4) is 0 Å². The third-order valence-electron chi connectivity index (χ3n) is 6.31. The van der Waals surface area contributed by atoms with Gasteiger partial charge in [-0.25, -0.2) is 14.4 Å². The number of ether oxygens (including phenoxy) is 2. The second-order valence-corrected chi connectivity index (χ2v) is 12.5. The lowest BCUT2D eigenvalue weighted by Crippen LogP contribution is -2.57. The number of carbonyl (C=O) groups is 5. The van der Waals surface area contributed by atoms with E-state index in [0.29, 0.717) is 0 Å². The van der Waals surface area contributed by atoms with E-state index in [9.17, 15) is 33.9 Å². The second-order valence-electron chi connectivity index (χ2n) is 12.5. The average Bonchev–Trinajstić information content (AvgIpc) is 2.91. The Labute approximate surface area is 264 Å². The van der Waals surface area contributed by atoms with E-state index in [1.54, 1.807) is 41.5 Å². The van der Waals surface area contributed by atoms with Crippen LogP contribution in [0, 0.1) is 0 Å². The van der Waals surface area contributed by atoms with Crippen molar-refractivity contribution in [3.05, 3.63) is 40.2 Å². The number of fused-ring (bicyclic) bond motifs is 1. The lowest BCUT2D eigenvalue weighted by Gasteiger charge is -2.39. The predicted octanol–water partition coefficient (Wildman–Crippen LogP) is 2.38. The first-order chi connectivity index (χ1) is 21.3. The minimum absolute atomic E-state index is 0.0227. The highest BCUT2D eigenvalue weighted by molar-refractivity contribution is 5.98. The number of hydrogen-bond acceptors (Lipinski definition) is 11. The number of nitrogens with zero attached hydrogens (tertiary/aromatic N) is 3. The second kappa shape index (κ2) is 13.7. The Morgan fingerprint density at radius 2 is 1.67 bits per heavy atom. The van der Waals surface area contributed by atoms with Crippen LogP contribution in [0.4, 0.5) is 32.7 Å². The Morgan fingerprint density at radius 1 is 1.07 bits per heavy atom. The maximum Gasteiger partial charge on any atom is 0.415 e. The number of carbonyl (C=O) groups excluding carboxylic acids is 3. The molecule has 0 saturated heterocycles. The molecule has 0 radical (unpaired) electrons. The van der Waals surface area contributed by atoms with Crippen LogP contribution in [0.15, 0.2) is 29.1 Å². The summed E-state index contributed by atoms with van der Waals surface area (Å²) in [5.41, 5.74) is 3.25. The molecule has 1 aliphatic rings. The van der Waals surface area contributed by atoms with Crippen molar-refractivity contribution in [3.63, 3.8) is 0 Å². The van der Waals surface area contributed by atoms with E-state index >= 15 is 0 Å². The molecule has 3 amide bonds. The normalized spacial score (nSPS) is 15.1. The molecule has 17 nitrogen and oxygen atoms in total. The Bertz CT molecular complexity index is 1540. The summed E-state index contributed by atoms with van der Waals surface area (Å²) in [5.74, 6) is -3.50. The molecule has 2 heterocycles. The number of H-pyrrole nitrogens is 1. The molecule has 1 aromatic heterocycles. The molecule has 0 saturated carbocycles. The fourth-order valence-corrected chi connectivity index (χ4v) is 4.39. The van der Waals surface area contributed by atoms with E-state index in [1.807, 2.05) is 0 Å². The fraction of sp³-hybridized carbons (Fsp3) is 0.483. The molecule has 2 atom stereocenters. The standard InChI is InChI=1S/C29H39N7O10/c1-28(2,3)45-26(43)35(16-9-7-15(8-10-16)22(39)32-18(24(41)42)11-12-19(37)38)14-17-13-31-21-20(23(40)34-25(30)33-21)36(17)27(44)46-29(4,5)6/h7-10,17-18H,11-14H2,1-6H3,(H,32,39)(H,37,38)(H,41,42)(H4,30,31,33,34,40)/t17?,18-/m0/s1. The molecule has 7 N–H and O–H groups in total. The van der Waals surface area contributed by atoms with Crippen LogP contribution in [0.5, 0.6) is 0 Å². The highest BCUT2D eigenvalue weighted by Crippen LogP contribution is 2.30. The average molecular weight is 646 g/mol. The molecule has 0 spiro atoms. The number of carboxylic acids is 2. The number of hydrogen-bond donors (Lipinski definition) is 6. The molecule has 1 unspecified atom stereocenters. The van der Waals surface area contributed by atoms with Crippen molar-refractivity contribution in [3.8, 4) is 0 Å². The maximum atomic E-state index is 13.5. The summed E-state index contributed by atoms with van der Waals surface area (Å²) in [7, 11) is 0. The van der Waals surface area contributed by atoms with Gasteiger partial charge in [-0.2, -0.15) is 4.98 Å². The number of nitrogen functional groups attached to an aromatic ring is 1. The third-order valence-corrected chi connectivity index (χ3v) is 6.31. The Balaban J connectivity index is 1.98. The topological polar surface area (TPSA) is 247 Å². The molecular formula is C29H39N7O10. The monoisotopic (exact) mass is 645 g/mol. The van der Waals surface area contributed by atoms with Crippen molar-refractivity contribution in [1.82, 2.24) is 15.3 Å². The van der Waals surface area contributed by atoms with E-state index in [2.05, 4.69) is 20.6 Å². The fourth-order valence-electron chi connectivity index (χ4n) is 4.39. The predicted molar refractivity (Wildman–Crippen MR) is 166 cm³/mol. The van der Waals surface area contributed by atoms with E-state index < -0.39 is 65.3 Å². The van der Waals surface area contributed by atoms with Crippen LogP contribution >= 0.6 is 0 Å². The SMILES string of the molecule is CC(C)(C)OC(=O)N(CC1CNc2nc(N)[nH]c(=O)c2N1C(=O)OC(C)(C)C)c1ccc(C(=O)N[C@@H](CCC(=O)O)C(=O)O)cc1. The molecule has 3 rings (SSSR count). The van der Waals surface area contributed by atoms with Crippen LogP contribution in [-0.4, -0.2) is 86.6 Å². The van der Waals surface area contributed by atoms with Crippen molar-refractivity contribution in [2.24, 2.45) is 0 Å². The molecule has 46 heavy (non-hydrogen) atoms. The number of nitrogens with two attached hydrogens (primary N) is 1. The van der Waals surface area contributed by atoms with Gasteiger partial charge in [-0.15, -0.1) is 0 Å². The van der Waals surface area contributed by atoms with Crippen LogP contribution in [0.2, 0.25) is 0 Å². The first-order valence-corrected chi connectivity index (χ1v) is 14.3. The van der Waals surface area contributed by atoms with E-state index in [0.717, 1.165) is 4.90 Å². The van der Waals surface area contributed by atoms with Gasteiger partial charge in [0.15, 0.2) is 11.5 Å². The van der Waals surface area contributed by atoms with Crippen molar-refractivity contribution in [1.29, 1.82) is 0 Å². The maximum absolute atomic E-state index is 13.5. The summed E-state index contributed by atoms with van der Waals surface area (Å²) in [6, 6.07) is 3.20. The van der Waals surface area contributed by atoms with Gasteiger partial charge in [0, 0.05) is 24.2 Å². The number of aliphatic carboxylic acids is 2. The first-order valence-electron chi connectivity index (χ1n) is 14.3. The van der Waals surface area contributed by atoms with Gasteiger partial charge in [0.1, 0.15) is 17.2 Å². The van der Waals surface area contributed by atoms with Crippen molar-refractivity contribution < 1.29 is 43.7 Å². The van der Waals surface area contributed by atoms with E-state index in [4.69, 9.17) is 20.3 Å². The zero-order valence-corrected chi connectivity index (χ0v) is 26.4. The summed E-state index contributed by atoms with van der Waals surface area (Å²) >= 11 is 0.